The predicted molar refractivity (Wildman–Crippen MR) is 205 cm³/mol. The van der Waals surface area contributed by atoms with Crippen LogP contribution in [-0.4, -0.2) is 92.3 Å². The number of β-amino-alcohol motifs (C(OH)–C–C–N with tert-alkyl or cyclic N) is 1. The van der Waals surface area contributed by atoms with E-state index in [1.54, 1.807) is 50.2 Å². The molecule has 2 saturated heterocycles. The van der Waals surface area contributed by atoms with E-state index in [0.29, 0.717) is 65.0 Å². The number of likely N-dealkylation sites (tertiary alicyclic amines) is 1. The van der Waals surface area contributed by atoms with Crippen LogP contribution in [0.25, 0.3) is 22.5 Å². The van der Waals surface area contributed by atoms with Crippen molar-refractivity contribution >= 4 is 35.2 Å². The Morgan fingerprint density at radius 3 is 2.57 bits per heavy atom. The molecule has 4 aromatic rings. The lowest BCUT2D eigenvalue weighted by molar-refractivity contribution is -0.119. The minimum absolute atomic E-state index is 0.0390. The first-order chi connectivity index (χ1) is 25.8. The van der Waals surface area contributed by atoms with Gasteiger partial charge in [-0.1, -0.05) is 29.8 Å². The highest BCUT2D eigenvalue weighted by Crippen LogP contribution is 2.38. The third-order valence-corrected chi connectivity index (χ3v) is 9.77. The number of rotatable bonds is 11. The van der Waals surface area contributed by atoms with Crippen LogP contribution in [0.15, 0.2) is 60.9 Å². The van der Waals surface area contributed by atoms with Gasteiger partial charge in [0.05, 0.1) is 36.2 Å². The van der Waals surface area contributed by atoms with Gasteiger partial charge in [-0.3, -0.25) is 24.5 Å². The molecule has 13 nitrogen and oxygen atoms in total. The number of anilines is 1. The van der Waals surface area contributed by atoms with Crippen molar-refractivity contribution in [3.05, 3.63) is 88.3 Å². The fourth-order valence-electron chi connectivity index (χ4n) is 6.64. The summed E-state index contributed by atoms with van der Waals surface area (Å²) in [4.78, 5) is 55.9. The van der Waals surface area contributed by atoms with E-state index >= 15 is 0 Å². The first-order valence-electron chi connectivity index (χ1n) is 18.0. The van der Waals surface area contributed by atoms with Crippen LogP contribution in [0.5, 0.6) is 5.88 Å². The summed E-state index contributed by atoms with van der Waals surface area (Å²) < 4.78 is 11.4. The molecule has 0 saturated carbocycles. The zero-order chi connectivity index (χ0) is 38.6. The zero-order valence-electron chi connectivity index (χ0n) is 31.2. The number of aromatic nitrogens is 3. The van der Waals surface area contributed by atoms with E-state index in [9.17, 15) is 19.5 Å². The van der Waals surface area contributed by atoms with Crippen molar-refractivity contribution in [2.45, 2.75) is 77.8 Å². The number of aliphatic hydroxyl groups excluding tert-OH is 1. The Hall–Kier alpha value is -5.11. The van der Waals surface area contributed by atoms with Gasteiger partial charge in [0.25, 0.3) is 5.91 Å². The number of amides is 3. The molecule has 54 heavy (non-hydrogen) atoms. The number of halogens is 1. The second-order valence-corrected chi connectivity index (χ2v) is 15.1. The molecular formula is C40H46ClN7O6. The van der Waals surface area contributed by atoms with E-state index in [1.165, 1.54) is 7.11 Å². The normalized spacial score (nSPS) is 17.3. The lowest BCUT2D eigenvalue weighted by Gasteiger charge is -2.29. The van der Waals surface area contributed by atoms with E-state index in [-0.39, 0.29) is 42.7 Å². The Morgan fingerprint density at radius 2 is 1.91 bits per heavy atom. The first kappa shape index (κ1) is 38.6. The number of nitrogens with zero attached hydrogens (tertiary/aromatic N) is 5. The number of hydrogen-bond donors (Lipinski definition) is 3. The number of aliphatic hydroxyl groups is 1. The van der Waals surface area contributed by atoms with Crippen LogP contribution in [0.2, 0.25) is 5.02 Å². The zero-order valence-corrected chi connectivity index (χ0v) is 31.9. The molecule has 0 aliphatic carbocycles. The Kier molecular flexibility index (Phi) is 11.8. The second kappa shape index (κ2) is 16.5. The van der Waals surface area contributed by atoms with Gasteiger partial charge in [0.15, 0.2) is 0 Å². The van der Waals surface area contributed by atoms with Gasteiger partial charge >= 0.3 is 6.09 Å². The monoisotopic (exact) mass is 755 g/mol. The van der Waals surface area contributed by atoms with E-state index in [2.05, 4.69) is 25.5 Å². The standard InChI is InChI=1S/C40H46ClN7O6/c1-24-29(7-6-8-31(24)45-37(51)33-12-9-25(19-43-33)20-47-18-16-28(49)23-47)36-35(41)30(15-17-42-36)32-13-10-26(38(46-32)53-5)21-48(39(52)54-40(2,3)4)22-27-11-14-34(50)44-27/h6-10,12-13,15,17,19,27-28,49H,11,14,16,18,20-23H2,1-5H3,(H,44,50)(H,45,51)/t27-,28-/m0/s1. The number of carbonyl (C=O) groups excluding carboxylic acids is 3. The minimum atomic E-state index is -0.705. The summed E-state index contributed by atoms with van der Waals surface area (Å²) in [6.07, 6.45) is 4.35. The van der Waals surface area contributed by atoms with E-state index in [4.69, 9.17) is 26.1 Å². The van der Waals surface area contributed by atoms with Crippen LogP contribution in [0.4, 0.5) is 10.5 Å². The van der Waals surface area contributed by atoms with Crippen molar-refractivity contribution in [3.63, 3.8) is 0 Å². The Labute approximate surface area is 320 Å². The molecule has 2 fully saturated rings. The molecule has 1 aromatic carbocycles. The predicted octanol–water partition coefficient (Wildman–Crippen LogP) is 6.01. The smallest absolute Gasteiger partial charge is 0.410 e. The molecule has 3 aromatic heterocycles. The molecular weight excluding hydrogens is 710 g/mol. The molecule has 3 N–H and O–H groups in total. The summed E-state index contributed by atoms with van der Waals surface area (Å²) in [5.41, 5.74) is 4.95. The fourth-order valence-corrected chi connectivity index (χ4v) is 6.95. The molecule has 2 atom stereocenters. The van der Waals surface area contributed by atoms with Gasteiger partial charge in [0, 0.05) is 73.4 Å². The van der Waals surface area contributed by atoms with Crippen LogP contribution in [0.3, 0.4) is 0 Å². The van der Waals surface area contributed by atoms with E-state index < -0.39 is 11.7 Å². The van der Waals surface area contributed by atoms with Crippen molar-refractivity contribution in [1.29, 1.82) is 0 Å². The van der Waals surface area contributed by atoms with E-state index in [1.807, 2.05) is 43.3 Å². The minimum Gasteiger partial charge on any atom is -0.481 e. The molecule has 284 valence electrons. The largest absolute Gasteiger partial charge is 0.481 e. The number of methoxy groups -OCH3 is 1. The maximum Gasteiger partial charge on any atom is 0.410 e. The summed E-state index contributed by atoms with van der Waals surface area (Å²) in [5.74, 6) is -0.0768. The van der Waals surface area contributed by atoms with Crippen LogP contribution >= 0.6 is 11.6 Å². The van der Waals surface area contributed by atoms with Crippen molar-refractivity contribution in [2.24, 2.45) is 0 Å². The highest BCUT2D eigenvalue weighted by atomic mass is 35.5. The highest BCUT2D eigenvalue weighted by Gasteiger charge is 2.29. The number of pyridine rings is 3. The maximum absolute atomic E-state index is 13.3. The van der Waals surface area contributed by atoms with Crippen LogP contribution in [-0.2, 0) is 22.6 Å². The number of hydrogen-bond acceptors (Lipinski definition) is 10. The molecule has 2 aliphatic rings. The molecule has 2 aliphatic heterocycles. The molecule has 5 heterocycles. The molecule has 0 radical (unpaired) electrons. The van der Waals surface area contributed by atoms with Gasteiger partial charge in [0.2, 0.25) is 11.8 Å². The Morgan fingerprint density at radius 1 is 1.09 bits per heavy atom. The van der Waals surface area contributed by atoms with Crippen molar-refractivity contribution in [3.8, 4) is 28.4 Å². The summed E-state index contributed by atoms with van der Waals surface area (Å²) >= 11 is 7.06. The molecule has 0 spiro atoms. The van der Waals surface area contributed by atoms with Gasteiger partial charge in [-0.2, -0.15) is 0 Å². The highest BCUT2D eigenvalue weighted by molar-refractivity contribution is 6.35. The van der Waals surface area contributed by atoms with Crippen LogP contribution in [0.1, 0.15) is 67.2 Å². The van der Waals surface area contributed by atoms with Gasteiger partial charge in [-0.05, 0) is 82.0 Å². The molecule has 14 heteroatoms. The maximum atomic E-state index is 13.3. The third-order valence-electron chi connectivity index (χ3n) is 9.38. The Bertz CT molecular complexity index is 2020. The number of ether oxygens (including phenoxy) is 2. The summed E-state index contributed by atoms with van der Waals surface area (Å²) in [6, 6.07) is 14.3. The average molecular weight is 756 g/mol. The molecule has 0 bridgehead atoms. The van der Waals surface area contributed by atoms with Crippen LogP contribution in [0, 0.1) is 6.92 Å². The van der Waals surface area contributed by atoms with E-state index in [0.717, 1.165) is 29.7 Å². The summed E-state index contributed by atoms with van der Waals surface area (Å²) in [5, 5.41) is 16.1. The van der Waals surface area contributed by atoms with Crippen molar-refractivity contribution in [1.82, 2.24) is 30.1 Å². The average Bonchev–Trinajstić information content (AvgIpc) is 3.75. The lowest BCUT2D eigenvalue weighted by Crippen LogP contribution is -2.43. The van der Waals surface area contributed by atoms with Crippen molar-refractivity contribution < 1.29 is 29.0 Å². The summed E-state index contributed by atoms with van der Waals surface area (Å²) in [6.45, 7) is 9.86. The first-order valence-corrected chi connectivity index (χ1v) is 18.4. The van der Waals surface area contributed by atoms with Gasteiger partial charge < -0.3 is 30.1 Å². The number of carbonyl (C=O) groups is 3. The van der Waals surface area contributed by atoms with Gasteiger partial charge in [-0.25, -0.2) is 9.78 Å². The number of benzene rings is 1. The van der Waals surface area contributed by atoms with Crippen molar-refractivity contribution in [2.75, 3.05) is 32.1 Å². The molecule has 0 unspecified atom stereocenters. The lowest BCUT2D eigenvalue weighted by atomic mass is 10.0. The van der Waals surface area contributed by atoms with Crippen LogP contribution < -0.4 is 15.4 Å². The Balaban J connectivity index is 1.20. The van der Waals surface area contributed by atoms with Gasteiger partial charge in [0.1, 0.15) is 11.3 Å². The molecule has 6 rings (SSSR count). The second-order valence-electron chi connectivity index (χ2n) is 14.7. The van der Waals surface area contributed by atoms with Gasteiger partial charge in [-0.15, -0.1) is 0 Å². The molecule has 3 amide bonds. The fraction of sp³-hybridized carbons (Fsp3) is 0.400. The third kappa shape index (κ3) is 9.33. The SMILES string of the molecule is COc1nc(-c2ccnc(-c3cccc(NC(=O)c4ccc(CN5CC[C@H](O)C5)cn4)c3C)c2Cl)ccc1CN(C[C@@H]1CCC(=O)N1)C(=O)OC(C)(C)C. The summed E-state index contributed by atoms with van der Waals surface area (Å²) in [7, 11) is 1.51. The number of nitrogens with one attached hydrogen (secondary N) is 2. The quantitative estimate of drug-likeness (QED) is 0.166. The topological polar surface area (TPSA) is 159 Å².